The molecule has 1 aliphatic heterocycles. The van der Waals surface area contributed by atoms with Crippen molar-refractivity contribution in [2.75, 3.05) is 0 Å². The highest BCUT2D eigenvalue weighted by molar-refractivity contribution is 5.70. The Hall–Kier alpha value is -0.870. The van der Waals surface area contributed by atoms with Crippen LogP contribution in [0.1, 0.15) is 92.9 Å². The molecule has 3 rings (SSSR count). The van der Waals surface area contributed by atoms with Gasteiger partial charge in [-0.05, 0) is 87.9 Å². The summed E-state index contributed by atoms with van der Waals surface area (Å²) < 4.78 is 0. The lowest BCUT2D eigenvalue weighted by atomic mass is 9.52. The topological polar surface area (TPSA) is 55.8 Å². The minimum atomic E-state index is -0.821. The predicted molar refractivity (Wildman–Crippen MR) is 111 cm³/mol. The highest BCUT2D eigenvalue weighted by Gasteiger charge is 2.49. The fourth-order valence-electron chi connectivity index (χ4n) is 5.82. The molecular formula is C24H40O4. The van der Waals surface area contributed by atoms with Crippen LogP contribution in [0.2, 0.25) is 0 Å². The van der Waals surface area contributed by atoms with Gasteiger partial charge in [0.25, 0.3) is 0 Å². The van der Waals surface area contributed by atoms with E-state index >= 15 is 0 Å². The average molecular weight is 393 g/mol. The molecule has 1 saturated carbocycles. The van der Waals surface area contributed by atoms with Crippen molar-refractivity contribution in [3.8, 4) is 0 Å². The summed E-state index contributed by atoms with van der Waals surface area (Å²) >= 11 is 0. The SMILES string of the molecule is C[C@H](C(=O)O)C1CCC(C)(CC[C@@]2(C)C3=CCCC(C)(C)[C@@H]3CC[C@H]2C)OO1. The first-order chi connectivity index (χ1) is 13.0. The Morgan fingerprint density at radius 2 is 1.89 bits per heavy atom. The van der Waals surface area contributed by atoms with Gasteiger partial charge in [-0.3, -0.25) is 4.79 Å². The molecule has 0 spiro atoms. The maximum Gasteiger partial charge on any atom is 0.308 e. The summed E-state index contributed by atoms with van der Waals surface area (Å²) in [5.41, 5.74) is 1.99. The van der Waals surface area contributed by atoms with Crippen LogP contribution in [-0.2, 0) is 14.6 Å². The Morgan fingerprint density at radius 1 is 1.18 bits per heavy atom. The number of carbonyl (C=O) groups is 1. The average Bonchev–Trinajstić information content (AvgIpc) is 2.63. The van der Waals surface area contributed by atoms with Gasteiger partial charge >= 0.3 is 5.97 Å². The fraction of sp³-hybridized carbons (Fsp3) is 0.875. The van der Waals surface area contributed by atoms with Crippen molar-refractivity contribution in [1.29, 1.82) is 0 Å². The molecule has 0 amide bonds. The number of allylic oxidation sites excluding steroid dienone is 2. The van der Waals surface area contributed by atoms with Crippen LogP contribution in [-0.4, -0.2) is 22.8 Å². The summed E-state index contributed by atoms with van der Waals surface area (Å²) in [7, 11) is 0. The minimum Gasteiger partial charge on any atom is -0.481 e. The molecule has 4 nitrogen and oxygen atoms in total. The second-order valence-electron chi connectivity index (χ2n) is 11.0. The highest BCUT2D eigenvalue weighted by atomic mass is 17.2. The first-order valence-corrected chi connectivity index (χ1v) is 11.3. The van der Waals surface area contributed by atoms with E-state index in [2.05, 4.69) is 40.7 Å². The van der Waals surface area contributed by atoms with Crippen LogP contribution < -0.4 is 0 Å². The predicted octanol–water partition coefficient (Wildman–Crippen LogP) is 6.16. The molecule has 0 bridgehead atoms. The van der Waals surface area contributed by atoms with Crippen molar-refractivity contribution in [2.45, 2.75) is 105 Å². The lowest BCUT2D eigenvalue weighted by Crippen LogP contribution is -2.45. The van der Waals surface area contributed by atoms with Crippen LogP contribution in [0.5, 0.6) is 0 Å². The molecule has 1 heterocycles. The van der Waals surface area contributed by atoms with E-state index in [9.17, 15) is 9.90 Å². The van der Waals surface area contributed by atoms with Crippen molar-refractivity contribution in [3.05, 3.63) is 11.6 Å². The molecule has 1 N–H and O–H groups in total. The van der Waals surface area contributed by atoms with Crippen LogP contribution in [0.3, 0.4) is 0 Å². The van der Waals surface area contributed by atoms with Gasteiger partial charge < -0.3 is 5.11 Å². The zero-order valence-electron chi connectivity index (χ0n) is 18.7. The monoisotopic (exact) mass is 392 g/mol. The van der Waals surface area contributed by atoms with Crippen molar-refractivity contribution in [1.82, 2.24) is 0 Å². The van der Waals surface area contributed by atoms with Crippen LogP contribution in [0.15, 0.2) is 11.6 Å². The number of aliphatic carboxylic acids is 1. The van der Waals surface area contributed by atoms with Gasteiger partial charge in [-0.15, -0.1) is 0 Å². The number of carboxylic acids is 1. The fourth-order valence-corrected chi connectivity index (χ4v) is 5.82. The lowest BCUT2D eigenvalue weighted by Gasteiger charge is -2.53. The van der Waals surface area contributed by atoms with E-state index < -0.39 is 11.9 Å². The second kappa shape index (κ2) is 7.75. The third-order valence-electron chi connectivity index (χ3n) is 8.56. The Kier molecular flexibility index (Phi) is 6.05. The Labute approximate surface area is 171 Å². The molecule has 160 valence electrons. The third-order valence-corrected chi connectivity index (χ3v) is 8.56. The Morgan fingerprint density at radius 3 is 2.50 bits per heavy atom. The van der Waals surface area contributed by atoms with Gasteiger partial charge in [-0.2, -0.15) is 0 Å². The van der Waals surface area contributed by atoms with E-state index in [-0.39, 0.29) is 17.1 Å². The lowest BCUT2D eigenvalue weighted by molar-refractivity contribution is -0.411. The first-order valence-electron chi connectivity index (χ1n) is 11.3. The molecule has 6 atom stereocenters. The molecule has 3 aliphatic rings. The summed E-state index contributed by atoms with van der Waals surface area (Å²) in [6, 6.07) is 0. The normalized spacial score (nSPS) is 41.6. The highest BCUT2D eigenvalue weighted by Crippen LogP contribution is 2.58. The Bertz CT molecular complexity index is 614. The smallest absolute Gasteiger partial charge is 0.308 e. The second-order valence-corrected chi connectivity index (χ2v) is 11.0. The van der Waals surface area contributed by atoms with E-state index in [1.165, 1.54) is 25.7 Å². The van der Waals surface area contributed by atoms with E-state index in [0.29, 0.717) is 17.3 Å². The minimum absolute atomic E-state index is 0.220. The number of carboxylic acid groups (broad SMARTS) is 1. The number of rotatable bonds is 5. The van der Waals surface area contributed by atoms with E-state index in [0.717, 1.165) is 25.7 Å². The maximum atomic E-state index is 11.2. The summed E-state index contributed by atoms with van der Waals surface area (Å²) in [5.74, 6) is 0.0332. The van der Waals surface area contributed by atoms with Gasteiger partial charge in [-0.25, -0.2) is 9.78 Å². The summed E-state index contributed by atoms with van der Waals surface area (Å²) in [6.07, 6.45) is 11.0. The standard InChI is InChI=1S/C24H40O4/c1-16-9-10-18-19(8-7-12-22(18,3)4)24(16,6)15-14-23(5)13-11-20(27-28-23)17(2)21(25)26/h8,16-18,20H,7,9-15H2,1-6H3,(H,25,26)/t16-,17+,18-,20?,23?,24-/m1/s1. The molecule has 2 aliphatic carbocycles. The molecule has 0 aromatic rings. The summed E-state index contributed by atoms with van der Waals surface area (Å²) in [6.45, 7) is 13.6. The maximum absolute atomic E-state index is 11.2. The molecular weight excluding hydrogens is 352 g/mol. The van der Waals surface area contributed by atoms with E-state index in [1.54, 1.807) is 12.5 Å². The van der Waals surface area contributed by atoms with Gasteiger partial charge in [0.05, 0.1) is 5.92 Å². The third kappa shape index (κ3) is 4.05. The van der Waals surface area contributed by atoms with E-state index in [4.69, 9.17) is 9.78 Å². The molecule has 0 radical (unpaired) electrons. The zero-order chi connectivity index (χ0) is 20.7. The molecule has 1 saturated heterocycles. The molecule has 2 fully saturated rings. The molecule has 0 aromatic carbocycles. The largest absolute Gasteiger partial charge is 0.481 e. The van der Waals surface area contributed by atoms with Crippen molar-refractivity contribution >= 4 is 5.97 Å². The van der Waals surface area contributed by atoms with Crippen LogP contribution in [0, 0.1) is 28.6 Å². The summed E-state index contributed by atoms with van der Waals surface area (Å²) in [5, 5.41) is 9.21. The number of hydrogen-bond donors (Lipinski definition) is 1. The number of hydrogen-bond acceptors (Lipinski definition) is 3. The van der Waals surface area contributed by atoms with Crippen molar-refractivity contribution in [2.24, 2.45) is 28.6 Å². The zero-order valence-corrected chi connectivity index (χ0v) is 18.7. The quantitative estimate of drug-likeness (QED) is 0.450. The van der Waals surface area contributed by atoms with Gasteiger partial charge in [0.2, 0.25) is 0 Å². The summed E-state index contributed by atoms with van der Waals surface area (Å²) in [4.78, 5) is 22.6. The van der Waals surface area contributed by atoms with Crippen LogP contribution >= 0.6 is 0 Å². The molecule has 28 heavy (non-hydrogen) atoms. The van der Waals surface area contributed by atoms with Gasteiger partial charge in [0.1, 0.15) is 11.7 Å². The van der Waals surface area contributed by atoms with Crippen molar-refractivity contribution in [3.63, 3.8) is 0 Å². The van der Waals surface area contributed by atoms with Gasteiger partial charge in [-0.1, -0.05) is 39.3 Å². The molecule has 0 aromatic heterocycles. The van der Waals surface area contributed by atoms with Gasteiger partial charge in [0.15, 0.2) is 0 Å². The van der Waals surface area contributed by atoms with Crippen molar-refractivity contribution < 1.29 is 19.7 Å². The van der Waals surface area contributed by atoms with Crippen LogP contribution in [0.4, 0.5) is 0 Å². The van der Waals surface area contributed by atoms with Gasteiger partial charge in [0, 0.05) is 0 Å². The first kappa shape index (κ1) is 21.8. The Balaban J connectivity index is 1.67. The van der Waals surface area contributed by atoms with Crippen LogP contribution in [0.25, 0.3) is 0 Å². The van der Waals surface area contributed by atoms with E-state index in [1.807, 2.05) is 0 Å². The molecule has 4 heteroatoms. The molecule has 2 unspecified atom stereocenters. The number of fused-ring (bicyclic) bond motifs is 1.